The first-order chi connectivity index (χ1) is 19.6. The molecule has 0 bridgehead atoms. The number of hydrazine groups is 1. The predicted octanol–water partition coefficient (Wildman–Crippen LogP) is 5.18. The summed E-state index contributed by atoms with van der Waals surface area (Å²) >= 11 is 0. The van der Waals surface area contributed by atoms with Crippen LogP contribution >= 0.6 is 0 Å². The van der Waals surface area contributed by atoms with Crippen LogP contribution in [0.15, 0.2) is 47.8 Å². The topological polar surface area (TPSA) is 155 Å². The number of piperidine rings is 2. The number of carbonyl (C=O) groups is 2. The minimum atomic E-state index is 0.218. The third-order valence-electron chi connectivity index (χ3n) is 6.61. The standard InChI is InChI=1S/C14H24N4.C8H10N2O.C7H15N.C2H6.CH2O/c1-3-4-12(9-13(16)7-8-15)14-6-5-11(2)10-18(14)17;1-2-7-3-6(5-11)4-10-8(7)9;1-7-4-3-5-8(2)6-7;2*1-2/h3-4,7-9,11,14-15H,5-6,10,16-17H2,1-2H3;3-5H,2H2,1H3,(H2,9,10);7H,3-6H2,1-2H3;1-2H3;1H2/b4-3-,12-9+,13-7-,15-8?;;;;/t11?,14-;;;;/m1..../s1. The van der Waals surface area contributed by atoms with Gasteiger partial charge in [0.25, 0.3) is 0 Å². The Kier molecular flexibility index (Phi) is 24.0. The van der Waals surface area contributed by atoms with Crippen molar-refractivity contribution in [2.45, 2.75) is 79.7 Å². The fraction of sp³-hybridized carbons (Fsp3) is 0.562. The summed E-state index contributed by atoms with van der Waals surface area (Å²) in [4.78, 5) is 24.6. The van der Waals surface area contributed by atoms with Crippen LogP contribution in [0.1, 0.15) is 83.1 Å². The molecule has 2 unspecified atom stereocenters. The van der Waals surface area contributed by atoms with Gasteiger partial charge < -0.3 is 26.6 Å². The lowest BCUT2D eigenvalue weighted by Gasteiger charge is -2.36. The van der Waals surface area contributed by atoms with Gasteiger partial charge in [0.15, 0.2) is 6.29 Å². The molecule has 2 aliphatic heterocycles. The molecular weight excluding hydrogens is 514 g/mol. The van der Waals surface area contributed by atoms with Gasteiger partial charge in [0.05, 0.1) is 0 Å². The molecule has 0 spiro atoms. The number of hydrogen-bond acceptors (Lipinski definition) is 9. The van der Waals surface area contributed by atoms with Gasteiger partial charge in [-0.1, -0.05) is 46.8 Å². The maximum Gasteiger partial charge on any atom is 0.151 e. The van der Waals surface area contributed by atoms with Crippen molar-refractivity contribution < 1.29 is 9.59 Å². The van der Waals surface area contributed by atoms with Gasteiger partial charge in [-0.05, 0) is 93.8 Å². The molecule has 0 amide bonds. The van der Waals surface area contributed by atoms with Crippen molar-refractivity contribution >= 4 is 25.1 Å². The number of aldehydes is 1. The molecule has 3 rings (SSSR count). The lowest BCUT2D eigenvalue weighted by molar-refractivity contribution is -0.0980. The van der Waals surface area contributed by atoms with Gasteiger partial charge in [-0.15, -0.1) is 0 Å². The molecule has 0 saturated carbocycles. The van der Waals surface area contributed by atoms with Crippen LogP contribution in [0.3, 0.4) is 0 Å². The minimum Gasteiger partial charge on any atom is -0.399 e. The van der Waals surface area contributed by atoms with E-state index in [0.29, 0.717) is 23.0 Å². The van der Waals surface area contributed by atoms with E-state index in [0.717, 1.165) is 42.7 Å². The van der Waals surface area contributed by atoms with Crippen molar-refractivity contribution in [1.29, 1.82) is 5.41 Å². The van der Waals surface area contributed by atoms with E-state index >= 15 is 0 Å². The Morgan fingerprint density at radius 3 is 2.27 bits per heavy atom. The maximum absolute atomic E-state index is 10.3. The summed E-state index contributed by atoms with van der Waals surface area (Å²) in [6, 6.07) is 1.98. The Morgan fingerprint density at radius 2 is 1.80 bits per heavy atom. The Labute approximate surface area is 249 Å². The molecule has 7 N–H and O–H groups in total. The van der Waals surface area contributed by atoms with E-state index in [-0.39, 0.29) is 6.04 Å². The number of nitrogens with two attached hydrogens (primary N) is 3. The molecule has 2 fully saturated rings. The normalized spacial score (nSPS) is 21.4. The van der Waals surface area contributed by atoms with Gasteiger partial charge in [-0.2, -0.15) is 0 Å². The lowest BCUT2D eigenvalue weighted by Crippen LogP contribution is -2.48. The van der Waals surface area contributed by atoms with Gasteiger partial charge in [0.2, 0.25) is 0 Å². The second kappa shape index (κ2) is 24.6. The number of rotatable bonds is 6. The monoisotopic (exact) mass is 571 g/mol. The summed E-state index contributed by atoms with van der Waals surface area (Å²) in [6.45, 7) is 18.0. The van der Waals surface area contributed by atoms with Crippen molar-refractivity contribution in [2.75, 3.05) is 32.4 Å². The SMILES string of the molecule is C=O.CC.CC1CCCN(C)C1.CCc1cc(C=O)cnc1N.C\C=C/C(=C\C(N)=C\C=N)[C@H]1CCC(C)CN1N. The van der Waals surface area contributed by atoms with Crippen LogP contribution in [-0.2, 0) is 11.2 Å². The van der Waals surface area contributed by atoms with Crippen LogP contribution in [0.5, 0.6) is 0 Å². The summed E-state index contributed by atoms with van der Waals surface area (Å²) in [6.07, 6.45) is 16.8. The molecular formula is C32H57N7O2. The van der Waals surface area contributed by atoms with Crippen LogP contribution in [0, 0.1) is 17.2 Å². The predicted molar refractivity (Wildman–Crippen MR) is 175 cm³/mol. The number of aromatic nitrogens is 1. The minimum absolute atomic E-state index is 0.218. The first-order valence-corrected chi connectivity index (χ1v) is 14.6. The van der Waals surface area contributed by atoms with E-state index in [9.17, 15) is 4.79 Å². The number of carbonyl (C=O) groups excluding carboxylic acids is 2. The first-order valence-electron chi connectivity index (χ1n) is 14.6. The Hall–Kier alpha value is -3.14. The Morgan fingerprint density at radius 1 is 1.17 bits per heavy atom. The average Bonchev–Trinajstić information content (AvgIpc) is 2.96. The second-order valence-corrected chi connectivity index (χ2v) is 10.2. The zero-order valence-electron chi connectivity index (χ0n) is 26.6. The number of nitrogen functional groups attached to an aromatic ring is 1. The van der Waals surface area contributed by atoms with Crippen LogP contribution in [0.2, 0.25) is 0 Å². The van der Waals surface area contributed by atoms with E-state index in [1.54, 1.807) is 12.1 Å². The van der Waals surface area contributed by atoms with Gasteiger partial charge in [-0.25, -0.2) is 9.99 Å². The Balaban J connectivity index is 0. The first kappa shape index (κ1) is 40.0. The molecule has 0 aliphatic carbocycles. The molecule has 3 heterocycles. The largest absolute Gasteiger partial charge is 0.399 e. The van der Waals surface area contributed by atoms with E-state index in [1.807, 2.05) is 57.7 Å². The number of hydrogen-bond donors (Lipinski definition) is 4. The highest BCUT2D eigenvalue weighted by atomic mass is 16.1. The van der Waals surface area contributed by atoms with Crippen LogP contribution in [0.4, 0.5) is 5.82 Å². The summed E-state index contributed by atoms with van der Waals surface area (Å²) < 4.78 is 0. The zero-order valence-corrected chi connectivity index (χ0v) is 26.6. The summed E-state index contributed by atoms with van der Waals surface area (Å²) in [5, 5.41) is 8.93. The second-order valence-electron chi connectivity index (χ2n) is 10.2. The molecule has 9 heteroatoms. The third kappa shape index (κ3) is 17.3. The highest BCUT2D eigenvalue weighted by Crippen LogP contribution is 2.25. The molecule has 0 aromatic carbocycles. The fourth-order valence-electron chi connectivity index (χ4n) is 4.64. The maximum atomic E-state index is 10.3. The summed E-state index contributed by atoms with van der Waals surface area (Å²) in [5.41, 5.74) is 14.6. The molecule has 3 atom stereocenters. The van der Waals surface area contributed by atoms with E-state index in [1.165, 1.54) is 44.8 Å². The number of nitrogens with zero attached hydrogens (tertiary/aromatic N) is 3. The number of anilines is 1. The fourth-order valence-corrected chi connectivity index (χ4v) is 4.64. The van der Waals surface area contributed by atoms with E-state index in [2.05, 4.69) is 30.8 Å². The zero-order chi connectivity index (χ0) is 31.8. The average molecular weight is 572 g/mol. The van der Waals surface area contributed by atoms with Crippen LogP contribution in [-0.4, -0.2) is 66.9 Å². The molecule has 1 aromatic rings. The van der Waals surface area contributed by atoms with E-state index < -0.39 is 0 Å². The molecule has 2 saturated heterocycles. The van der Waals surface area contributed by atoms with E-state index in [4.69, 9.17) is 27.5 Å². The molecule has 0 radical (unpaired) electrons. The van der Waals surface area contributed by atoms with Crippen molar-refractivity contribution in [3.8, 4) is 0 Å². The number of likely N-dealkylation sites (tertiary alicyclic amines) is 1. The number of aryl methyl sites for hydroxylation is 1. The van der Waals surface area contributed by atoms with Crippen molar-refractivity contribution in [3.05, 3.63) is 59.0 Å². The third-order valence-corrected chi connectivity index (χ3v) is 6.61. The smallest absolute Gasteiger partial charge is 0.151 e. The molecule has 232 valence electrons. The molecule has 2 aliphatic rings. The van der Waals surface area contributed by atoms with Gasteiger partial charge >= 0.3 is 0 Å². The molecule has 9 nitrogen and oxygen atoms in total. The summed E-state index contributed by atoms with van der Waals surface area (Å²) in [5.74, 6) is 8.20. The van der Waals surface area contributed by atoms with Crippen molar-refractivity contribution in [2.24, 2.45) is 23.4 Å². The number of allylic oxidation sites excluding steroid dienone is 3. The van der Waals surface area contributed by atoms with Gasteiger partial charge in [0.1, 0.15) is 12.6 Å². The molecule has 1 aromatic heterocycles. The highest BCUT2D eigenvalue weighted by Gasteiger charge is 2.25. The van der Waals surface area contributed by atoms with Gasteiger partial charge in [0, 0.05) is 42.8 Å². The van der Waals surface area contributed by atoms with Crippen molar-refractivity contribution in [3.63, 3.8) is 0 Å². The lowest BCUT2D eigenvalue weighted by atomic mass is 9.90. The Bertz CT molecular complexity index is 938. The van der Waals surface area contributed by atoms with Crippen LogP contribution in [0.25, 0.3) is 0 Å². The molecule has 41 heavy (non-hydrogen) atoms. The van der Waals surface area contributed by atoms with Crippen LogP contribution < -0.4 is 17.3 Å². The van der Waals surface area contributed by atoms with Gasteiger partial charge in [-0.3, -0.25) is 10.6 Å². The van der Waals surface area contributed by atoms with Crippen molar-refractivity contribution in [1.82, 2.24) is 14.9 Å². The highest BCUT2D eigenvalue weighted by molar-refractivity contribution is 5.75. The number of nitrogens with one attached hydrogen (secondary N) is 1. The summed E-state index contributed by atoms with van der Waals surface area (Å²) in [7, 11) is 2.20. The number of pyridine rings is 1. The quantitative estimate of drug-likeness (QED) is 0.157.